The van der Waals surface area contributed by atoms with Crippen molar-refractivity contribution in [2.45, 2.75) is 23.3 Å². The molecule has 2 aromatic carbocycles. The van der Waals surface area contributed by atoms with Crippen LogP contribution in [-0.2, 0) is 36.1 Å². The smallest absolute Gasteiger partial charge is 0.325 e. The predicted octanol–water partition coefficient (Wildman–Crippen LogP) is 1.12. The highest BCUT2D eigenvalue weighted by molar-refractivity contribution is 7.90. The second-order valence-electron chi connectivity index (χ2n) is 6.10. The molecule has 29 heavy (non-hydrogen) atoms. The second-order valence-corrected chi connectivity index (χ2v) is 10.3. The average molecular weight is 456 g/mol. The quantitative estimate of drug-likeness (QED) is 0.572. The van der Waals surface area contributed by atoms with Gasteiger partial charge in [-0.3, -0.25) is 4.79 Å². The van der Waals surface area contributed by atoms with Crippen molar-refractivity contribution in [1.82, 2.24) is 4.57 Å². The third kappa shape index (κ3) is 4.56. The number of fused-ring (bicyclic) bond motifs is 1. The van der Waals surface area contributed by atoms with Crippen molar-refractivity contribution in [2.75, 3.05) is 7.11 Å². The van der Waals surface area contributed by atoms with Crippen LogP contribution in [0, 0.1) is 6.92 Å². The Bertz CT molecular complexity index is 1370. The van der Waals surface area contributed by atoms with E-state index in [1.807, 2.05) is 6.92 Å². The minimum atomic E-state index is -4.06. The molecule has 1 aromatic heterocycles. The molecule has 0 amide bonds. The summed E-state index contributed by atoms with van der Waals surface area (Å²) in [6.07, 6.45) is 0. The number of esters is 1. The van der Waals surface area contributed by atoms with Crippen LogP contribution in [0.3, 0.4) is 0 Å². The number of nitrogens with zero attached hydrogens (tertiary/aromatic N) is 2. The van der Waals surface area contributed by atoms with Crippen LogP contribution < -0.4 is 9.94 Å². The highest BCUT2D eigenvalue weighted by Gasteiger charge is 2.18. The van der Waals surface area contributed by atoms with E-state index in [1.54, 1.807) is 12.1 Å². The largest absolute Gasteiger partial charge is 0.468 e. The van der Waals surface area contributed by atoms with E-state index in [9.17, 15) is 21.6 Å². The molecule has 0 fully saturated rings. The van der Waals surface area contributed by atoms with Crippen LogP contribution in [0.15, 0.2) is 56.7 Å². The molecule has 0 unspecified atom stereocenters. The summed E-state index contributed by atoms with van der Waals surface area (Å²) in [7, 11) is -6.81. The topological polar surface area (TPSA) is 138 Å². The number of rotatable bonds is 5. The fourth-order valence-electron chi connectivity index (χ4n) is 2.51. The van der Waals surface area contributed by atoms with Gasteiger partial charge in [-0.25, -0.2) is 13.6 Å². The van der Waals surface area contributed by atoms with Crippen LogP contribution in [0.4, 0.5) is 0 Å². The van der Waals surface area contributed by atoms with Gasteiger partial charge in [0.15, 0.2) is 0 Å². The van der Waals surface area contributed by atoms with Gasteiger partial charge in [0, 0.05) is 0 Å². The van der Waals surface area contributed by atoms with E-state index in [4.69, 9.17) is 5.14 Å². The first-order chi connectivity index (χ1) is 13.5. The minimum absolute atomic E-state index is 0.00227. The van der Waals surface area contributed by atoms with Crippen molar-refractivity contribution >= 4 is 47.6 Å². The molecular weight excluding hydrogens is 438 g/mol. The molecule has 2 N–H and O–H groups in total. The zero-order valence-electron chi connectivity index (χ0n) is 15.4. The van der Waals surface area contributed by atoms with E-state index in [0.29, 0.717) is 10.2 Å². The number of primary sulfonamides is 1. The van der Waals surface area contributed by atoms with Crippen molar-refractivity contribution in [3.05, 3.63) is 52.8 Å². The number of sulfonamides is 2. The summed E-state index contributed by atoms with van der Waals surface area (Å²) >= 11 is 0.921. The Labute approximate surface area is 171 Å². The van der Waals surface area contributed by atoms with Gasteiger partial charge in [0.25, 0.3) is 10.0 Å². The number of benzene rings is 2. The molecule has 0 saturated carbocycles. The molecule has 3 rings (SSSR count). The third-order valence-electron chi connectivity index (χ3n) is 4.01. The number of aryl methyl sites for hydroxylation is 1. The van der Waals surface area contributed by atoms with Gasteiger partial charge in [-0.05, 0) is 37.3 Å². The summed E-state index contributed by atoms with van der Waals surface area (Å²) in [5.74, 6) is -0.616. The lowest BCUT2D eigenvalue weighted by Gasteiger charge is -2.05. The maximum Gasteiger partial charge on any atom is 0.325 e. The summed E-state index contributed by atoms with van der Waals surface area (Å²) in [6.45, 7) is 1.53. The number of aromatic nitrogens is 1. The predicted molar refractivity (Wildman–Crippen MR) is 107 cm³/mol. The highest BCUT2D eigenvalue weighted by Crippen LogP contribution is 2.22. The standard InChI is InChI=1S/C17H17N3O6S3/c1-11-3-5-12(6-4-11)29(24,25)19-17-20(10-16(21)26-2)14-8-7-13(28(18,22)23)9-15(14)27-17/h3-9H,10H2,1-2H3,(H2,18,22,23)/b19-17-. The SMILES string of the molecule is COC(=O)Cn1/c(=N/S(=O)(=O)c2ccc(C)cc2)sc2cc(S(N)(=O)=O)ccc21. The van der Waals surface area contributed by atoms with Gasteiger partial charge in [-0.15, -0.1) is 4.40 Å². The summed E-state index contributed by atoms with van der Waals surface area (Å²) in [5.41, 5.74) is 1.31. The number of thiazole rings is 1. The summed E-state index contributed by atoms with van der Waals surface area (Å²) < 4.78 is 59.0. The molecule has 0 saturated heterocycles. The molecule has 0 aliphatic heterocycles. The Morgan fingerprint density at radius 2 is 1.72 bits per heavy atom. The third-order valence-corrected chi connectivity index (χ3v) is 7.36. The number of carbonyl (C=O) groups excluding carboxylic acids is 1. The number of carbonyl (C=O) groups is 1. The van der Waals surface area contributed by atoms with Gasteiger partial charge in [0.2, 0.25) is 14.8 Å². The van der Waals surface area contributed by atoms with Crippen LogP contribution in [0.1, 0.15) is 5.56 Å². The van der Waals surface area contributed by atoms with Crippen LogP contribution in [-0.4, -0.2) is 34.5 Å². The zero-order valence-corrected chi connectivity index (χ0v) is 17.8. The lowest BCUT2D eigenvalue weighted by atomic mass is 10.2. The molecule has 9 nitrogen and oxygen atoms in total. The van der Waals surface area contributed by atoms with Gasteiger partial charge < -0.3 is 9.30 Å². The molecule has 0 bridgehead atoms. The van der Waals surface area contributed by atoms with Crippen molar-refractivity contribution in [1.29, 1.82) is 0 Å². The molecule has 0 spiro atoms. The van der Waals surface area contributed by atoms with E-state index in [0.717, 1.165) is 16.9 Å². The van der Waals surface area contributed by atoms with Gasteiger partial charge in [0.1, 0.15) is 6.54 Å². The maximum absolute atomic E-state index is 12.7. The van der Waals surface area contributed by atoms with E-state index >= 15 is 0 Å². The van der Waals surface area contributed by atoms with Crippen molar-refractivity contribution < 1.29 is 26.4 Å². The van der Waals surface area contributed by atoms with E-state index < -0.39 is 26.0 Å². The van der Waals surface area contributed by atoms with Gasteiger partial charge >= 0.3 is 5.97 Å². The number of nitrogens with two attached hydrogens (primary N) is 1. The molecule has 1 heterocycles. The molecule has 3 aromatic rings. The Morgan fingerprint density at radius 1 is 1.10 bits per heavy atom. The second kappa shape index (κ2) is 7.71. The molecule has 0 aliphatic rings. The number of hydrogen-bond acceptors (Lipinski definition) is 7. The Balaban J connectivity index is 2.26. The first-order valence-electron chi connectivity index (χ1n) is 8.12. The van der Waals surface area contributed by atoms with Crippen LogP contribution in [0.5, 0.6) is 0 Å². The summed E-state index contributed by atoms with van der Waals surface area (Å²) in [5, 5.41) is 5.16. The lowest BCUT2D eigenvalue weighted by Crippen LogP contribution is -2.22. The average Bonchev–Trinajstić information content (AvgIpc) is 2.97. The fraction of sp³-hybridized carbons (Fsp3) is 0.176. The van der Waals surface area contributed by atoms with Gasteiger partial charge in [-0.2, -0.15) is 8.42 Å². The molecule has 0 radical (unpaired) electrons. The van der Waals surface area contributed by atoms with E-state index in [-0.39, 0.29) is 21.1 Å². The minimum Gasteiger partial charge on any atom is -0.468 e. The molecular formula is C17H17N3O6S3. The fourth-order valence-corrected chi connectivity index (χ4v) is 5.40. The van der Waals surface area contributed by atoms with Crippen molar-refractivity contribution in [2.24, 2.45) is 9.54 Å². The normalized spacial score (nSPS) is 13.0. The van der Waals surface area contributed by atoms with E-state index in [2.05, 4.69) is 9.13 Å². The first kappa shape index (κ1) is 21.2. The summed E-state index contributed by atoms with van der Waals surface area (Å²) in [6, 6.07) is 10.2. The highest BCUT2D eigenvalue weighted by atomic mass is 32.2. The maximum atomic E-state index is 12.7. The number of ether oxygens (including phenoxy) is 1. The Kier molecular flexibility index (Phi) is 5.63. The van der Waals surface area contributed by atoms with Crippen LogP contribution >= 0.6 is 11.3 Å². The first-order valence-corrected chi connectivity index (χ1v) is 11.9. The molecule has 0 aliphatic carbocycles. The van der Waals surface area contributed by atoms with Crippen LogP contribution in [0.25, 0.3) is 10.2 Å². The lowest BCUT2D eigenvalue weighted by molar-refractivity contribution is -0.141. The van der Waals surface area contributed by atoms with Crippen molar-refractivity contribution in [3.8, 4) is 0 Å². The molecule has 12 heteroatoms. The summed E-state index contributed by atoms with van der Waals surface area (Å²) in [4.78, 5) is 11.7. The Morgan fingerprint density at radius 3 is 2.31 bits per heavy atom. The Hall–Kier alpha value is -2.54. The molecule has 154 valence electrons. The van der Waals surface area contributed by atoms with Gasteiger partial charge in [0.05, 0.1) is 27.1 Å². The van der Waals surface area contributed by atoms with Gasteiger partial charge in [-0.1, -0.05) is 29.0 Å². The van der Waals surface area contributed by atoms with Crippen LogP contribution in [0.2, 0.25) is 0 Å². The van der Waals surface area contributed by atoms with E-state index in [1.165, 1.54) is 42.0 Å². The zero-order chi connectivity index (χ0) is 21.4. The van der Waals surface area contributed by atoms with Crippen molar-refractivity contribution in [3.63, 3.8) is 0 Å². The molecule has 0 atom stereocenters. The number of hydrogen-bond donors (Lipinski definition) is 1. The number of methoxy groups -OCH3 is 1. The monoisotopic (exact) mass is 455 g/mol.